The fourth-order valence-electron chi connectivity index (χ4n) is 5.21. The van der Waals surface area contributed by atoms with Crippen molar-refractivity contribution in [2.75, 3.05) is 50.7 Å². The zero-order chi connectivity index (χ0) is 34.4. The summed E-state index contributed by atoms with van der Waals surface area (Å²) in [4.78, 5) is 31.3. The molecule has 0 radical (unpaired) electrons. The van der Waals surface area contributed by atoms with E-state index in [4.69, 9.17) is 5.26 Å². The Kier molecular flexibility index (Phi) is 24.9. The van der Waals surface area contributed by atoms with Crippen LogP contribution in [0.25, 0.3) is 0 Å². The first-order chi connectivity index (χ1) is 21.3. The second-order valence-corrected chi connectivity index (χ2v) is 11.6. The molecule has 14 heteroatoms. The standard InChI is InChI=1S/C12H17N3O2.C7H15N.C6H15N.C5H3FN2O2.C2H3N.ClH/c1-9-5-10(2)8-14(7-9)12-4-3-11(6-13-12)15(16)17;1-6-3-7(2)5-8-4-6;1-4-7(5-2)6-3;6-5-2-1-4(3-7-5)8(9)10;1-2-3;/h3-4,6,9-10H,5,7-8H2,1-2H3;6-8H,3-5H2,1-2H3;4-6H2,1-3H3;1-3H;1H3;1H/t9-,10-;6-,7-;;;;/m10..../s1. The average Bonchev–Trinajstić information content (AvgIpc) is 2.99. The summed E-state index contributed by atoms with van der Waals surface area (Å²) >= 11 is 0. The Labute approximate surface area is 280 Å². The number of piperidine rings is 2. The highest BCUT2D eigenvalue weighted by molar-refractivity contribution is 5.43. The molecule has 2 aliphatic heterocycles. The molecule has 0 unspecified atom stereocenters. The highest BCUT2D eigenvalue weighted by Gasteiger charge is 2.23. The molecule has 4 rings (SSSR count). The smallest absolute Gasteiger partial charge is 0.287 e. The Morgan fingerprint density at radius 1 is 0.870 bits per heavy atom. The van der Waals surface area contributed by atoms with Gasteiger partial charge in [0.15, 0.2) is 0 Å². The van der Waals surface area contributed by atoms with Crippen LogP contribution in [0.3, 0.4) is 0 Å². The van der Waals surface area contributed by atoms with Crippen LogP contribution >= 0.6 is 0 Å². The van der Waals surface area contributed by atoms with Gasteiger partial charge in [0.2, 0.25) is 5.95 Å². The molecule has 2 aromatic heterocycles. The lowest BCUT2D eigenvalue weighted by Crippen LogP contribution is -3.00. The van der Waals surface area contributed by atoms with Gasteiger partial charge < -0.3 is 27.5 Å². The second kappa shape index (κ2) is 25.7. The normalized spacial score (nSPS) is 19.8. The summed E-state index contributed by atoms with van der Waals surface area (Å²) in [5.74, 6) is 3.34. The van der Waals surface area contributed by atoms with Gasteiger partial charge in [-0.25, -0.2) is 9.97 Å². The van der Waals surface area contributed by atoms with Crippen LogP contribution in [0.2, 0.25) is 0 Å². The lowest BCUT2D eigenvalue weighted by Gasteiger charge is -2.35. The molecule has 2 N–H and O–H groups in total. The molecule has 0 spiro atoms. The lowest BCUT2D eigenvalue weighted by atomic mass is 9.92. The Balaban J connectivity index is 0. The van der Waals surface area contributed by atoms with Gasteiger partial charge in [0.05, 0.1) is 29.0 Å². The van der Waals surface area contributed by atoms with E-state index in [9.17, 15) is 24.6 Å². The molecule has 0 saturated carbocycles. The monoisotopic (exact) mass is 668 g/mol. The van der Waals surface area contributed by atoms with E-state index in [0.29, 0.717) is 11.8 Å². The first-order valence-corrected chi connectivity index (χ1v) is 15.8. The zero-order valence-electron chi connectivity index (χ0n) is 28.7. The zero-order valence-corrected chi connectivity index (χ0v) is 29.5. The maximum atomic E-state index is 12.0. The van der Waals surface area contributed by atoms with E-state index in [1.807, 2.05) is 0 Å². The van der Waals surface area contributed by atoms with Crippen LogP contribution < -0.4 is 22.6 Å². The van der Waals surface area contributed by atoms with Crippen LogP contribution in [0.5, 0.6) is 0 Å². The third-order valence-corrected chi connectivity index (χ3v) is 7.34. The number of aromatic nitrogens is 2. The number of hydrogen-bond donors (Lipinski definition) is 1. The molecule has 46 heavy (non-hydrogen) atoms. The molecule has 2 saturated heterocycles. The SMILES string of the molecule is CC#N.CCN(CC)CC.C[C@@H]1C[C@@H](C)CN(c2ccc([N+](=O)[O-])cn2)C1.C[C@@H]1C[NH2+]C[C@@H](C)C1.O=[N+]([O-])c1ccc(F)nc1.[Cl-]. The Morgan fingerprint density at radius 3 is 1.57 bits per heavy atom. The van der Waals surface area contributed by atoms with Crippen molar-refractivity contribution in [3.8, 4) is 6.07 Å². The first kappa shape index (κ1) is 44.7. The molecule has 2 aliphatic rings. The number of nitro groups is 2. The molecular formula is C32H54ClFN8O4. The summed E-state index contributed by atoms with van der Waals surface area (Å²) in [5.41, 5.74) is -0.159. The number of halogens is 2. The summed E-state index contributed by atoms with van der Waals surface area (Å²) in [7, 11) is 0. The van der Waals surface area contributed by atoms with Gasteiger partial charge in [-0.05, 0) is 56.4 Å². The Hall–Kier alpha value is -3.47. The van der Waals surface area contributed by atoms with Gasteiger partial charge in [-0.3, -0.25) is 20.2 Å². The van der Waals surface area contributed by atoms with E-state index in [1.54, 1.807) is 12.1 Å². The summed E-state index contributed by atoms with van der Waals surface area (Å²) in [6.45, 7) is 25.4. The van der Waals surface area contributed by atoms with Gasteiger partial charge in [0.1, 0.15) is 18.2 Å². The van der Waals surface area contributed by atoms with E-state index in [0.717, 1.165) is 49.1 Å². The minimum atomic E-state index is -0.717. The van der Waals surface area contributed by atoms with Crippen molar-refractivity contribution in [3.63, 3.8) is 0 Å². The molecule has 2 aromatic rings. The molecule has 4 heterocycles. The van der Waals surface area contributed by atoms with Gasteiger partial charge in [0, 0.05) is 44.0 Å². The molecule has 4 atom stereocenters. The van der Waals surface area contributed by atoms with Crippen molar-refractivity contribution < 1.29 is 32.0 Å². The predicted molar refractivity (Wildman–Crippen MR) is 176 cm³/mol. The fraction of sp³-hybridized carbons (Fsp3) is 0.656. The van der Waals surface area contributed by atoms with Crippen LogP contribution in [0.15, 0.2) is 36.7 Å². The van der Waals surface area contributed by atoms with Crippen LogP contribution in [0.4, 0.5) is 21.6 Å². The number of anilines is 1. The van der Waals surface area contributed by atoms with Crippen LogP contribution in [-0.4, -0.2) is 70.5 Å². The van der Waals surface area contributed by atoms with Gasteiger partial charge in [-0.2, -0.15) is 9.65 Å². The van der Waals surface area contributed by atoms with Crippen LogP contribution in [0, 0.1) is 61.2 Å². The number of nitrogens with two attached hydrogens (primary N) is 1. The average molecular weight is 669 g/mol. The number of pyridine rings is 2. The van der Waals surface area contributed by atoms with Crippen molar-refractivity contribution in [1.29, 1.82) is 5.26 Å². The van der Waals surface area contributed by atoms with Crippen molar-refractivity contribution in [2.45, 2.75) is 68.2 Å². The van der Waals surface area contributed by atoms with Gasteiger partial charge in [-0.15, -0.1) is 0 Å². The van der Waals surface area contributed by atoms with Gasteiger partial charge in [0.25, 0.3) is 11.4 Å². The summed E-state index contributed by atoms with van der Waals surface area (Å²) < 4.78 is 12.0. The van der Waals surface area contributed by atoms with E-state index >= 15 is 0 Å². The topological polar surface area (TPSA) is 159 Å². The van der Waals surface area contributed by atoms with E-state index < -0.39 is 15.8 Å². The Morgan fingerprint density at radius 2 is 1.28 bits per heavy atom. The van der Waals surface area contributed by atoms with Gasteiger partial charge >= 0.3 is 0 Å². The lowest BCUT2D eigenvalue weighted by molar-refractivity contribution is -0.674. The van der Waals surface area contributed by atoms with E-state index in [2.05, 4.69) is 73.6 Å². The maximum Gasteiger partial charge on any atom is 0.287 e. The highest BCUT2D eigenvalue weighted by Crippen LogP contribution is 2.25. The summed E-state index contributed by atoms with van der Waals surface area (Å²) in [6.07, 6.45) is 4.88. The molecule has 0 aromatic carbocycles. The first-order valence-electron chi connectivity index (χ1n) is 15.8. The van der Waals surface area contributed by atoms with Gasteiger partial charge in [-0.1, -0.05) is 48.5 Å². The minimum Gasteiger partial charge on any atom is -1.00 e. The van der Waals surface area contributed by atoms with Crippen molar-refractivity contribution in [1.82, 2.24) is 14.9 Å². The molecular weight excluding hydrogens is 615 g/mol. The van der Waals surface area contributed by atoms with Crippen LogP contribution in [-0.2, 0) is 0 Å². The van der Waals surface area contributed by atoms with Crippen molar-refractivity contribution in [3.05, 3.63) is 62.8 Å². The largest absolute Gasteiger partial charge is 1.00 e. The Bertz CT molecular complexity index is 1110. The molecule has 260 valence electrons. The summed E-state index contributed by atoms with van der Waals surface area (Å²) in [6, 6.07) is 7.01. The third-order valence-electron chi connectivity index (χ3n) is 7.34. The fourth-order valence-corrected chi connectivity index (χ4v) is 5.21. The predicted octanol–water partition coefficient (Wildman–Crippen LogP) is 2.71. The number of rotatable bonds is 6. The second-order valence-electron chi connectivity index (χ2n) is 11.6. The maximum absolute atomic E-state index is 12.0. The number of nitriles is 1. The molecule has 0 aliphatic carbocycles. The molecule has 12 nitrogen and oxygen atoms in total. The molecule has 0 amide bonds. The van der Waals surface area contributed by atoms with Crippen molar-refractivity contribution in [2.24, 2.45) is 23.7 Å². The highest BCUT2D eigenvalue weighted by atomic mass is 35.5. The number of hydrogen-bond acceptors (Lipinski definition) is 9. The third kappa shape index (κ3) is 19.8. The van der Waals surface area contributed by atoms with E-state index in [-0.39, 0.29) is 23.8 Å². The summed E-state index contributed by atoms with van der Waals surface area (Å²) in [5, 5.41) is 30.2. The van der Waals surface area contributed by atoms with Crippen LogP contribution in [0.1, 0.15) is 68.2 Å². The number of nitrogens with zero attached hydrogens (tertiary/aromatic N) is 7. The van der Waals surface area contributed by atoms with Crippen molar-refractivity contribution >= 4 is 17.2 Å². The van der Waals surface area contributed by atoms with E-state index in [1.165, 1.54) is 64.8 Å². The quantitative estimate of drug-likeness (QED) is 0.277. The minimum absolute atomic E-state index is 0. The molecule has 0 bridgehead atoms. The number of quaternary nitrogens is 1. The molecule has 2 fully saturated rings.